The first-order valence-corrected chi connectivity index (χ1v) is 15.5. The minimum absolute atomic E-state index is 0.156. The Morgan fingerprint density at radius 2 is 1.37 bits per heavy atom. The molecule has 0 bridgehead atoms. The Bertz CT molecular complexity index is 1900. The topological polar surface area (TPSA) is 272 Å². The highest BCUT2D eigenvalue weighted by molar-refractivity contribution is 7.91. The van der Waals surface area contributed by atoms with E-state index in [1.807, 2.05) is 0 Å². The molecule has 0 saturated heterocycles. The molecule has 0 atom stereocenters. The highest BCUT2D eigenvalue weighted by Gasteiger charge is 2.24. The number of phenols is 2. The fourth-order valence-corrected chi connectivity index (χ4v) is 5.71. The number of aromatic hydroxyl groups is 2. The Balaban J connectivity index is 2.04. The molecule has 16 nitrogen and oxygen atoms in total. The Labute approximate surface area is 215 Å². The lowest BCUT2D eigenvalue weighted by Crippen LogP contribution is -2.15. The molecule has 3 aromatic rings. The number of phenolic OH excluding ortho intramolecular Hbond substituents is 2. The number of hydrogen-bond donors (Lipinski definition) is 5. The van der Waals surface area contributed by atoms with Crippen LogP contribution in [0.2, 0.25) is 0 Å². The first-order valence-electron chi connectivity index (χ1n) is 9.64. The Hall–Kier alpha value is -3.24. The van der Waals surface area contributed by atoms with Gasteiger partial charge in [-0.15, -0.1) is 10.2 Å². The average Bonchev–Trinajstić information content (AvgIpc) is 2.76. The fraction of sp³-hybridized carbons (Fsp3) is 0.111. The van der Waals surface area contributed by atoms with Gasteiger partial charge in [0.25, 0.3) is 20.2 Å². The van der Waals surface area contributed by atoms with Crippen LogP contribution in [0.1, 0.15) is 0 Å². The molecule has 3 rings (SSSR count). The number of benzene rings is 3. The molecule has 0 saturated carbocycles. The lowest BCUT2D eigenvalue weighted by Gasteiger charge is -2.10. The van der Waals surface area contributed by atoms with Gasteiger partial charge in [0.15, 0.2) is 15.6 Å². The van der Waals surface area contributed by atoms with Crippen LogP contribution in [0.15, 0.2) is 67.4 Å². The van der Waals surface area contributed by atoms with Gasteiger partial charge in [-0.25, -0.2) is 12.6 Å². The zero-order chi connectivity index (χ0) is 28.7. The van der Waals surface area contributed by atoms with Crippen molar-refractivity contribution in [3.05, 3.63) is 42.5 Å². The summed E-state index contributed by atoms with van der Waals surface area (Å²) in [7, 11) is -18.9. The maximum absolute atomic E-state index is 12.3. The molecule has 0 aromatic heterocycles. The average molecular weight is 613 g/mol. The second-order valence-electron chi connectivity index (χ2n) is 7.32. The molecule has 0 heterocycles. The molecule has 206 valence electrons. The largest absolute Gasteiger partial charge is 0.506 e. The summed E-state index contributed by atoms with van der Waals surface area (Å²) in [6.07, 6.45) is 0. The van der Waals surface area contributed by atoms with Gasteiger partial charge in [-0.3, -0.25) is 13.7 Å². The predicted octanol–water partition coefficient (Wildman–Crippen LogP) is 1.75. The number of nitrogens with zero attached hydrogens (tertiary/aromatic N) is 2. The highest BCUT2D eigenvalue weighted by atomic mass is 32.3. The summed E-state index contributed by atoms with van der Waals surface area (Å²) in [6, 6.07) is 6.05. The summed E-state index contributed by atoms with van der Waals surface area (Å²) in [6.45, 7) is -0.922. The van der Waals surface area contributed by atoms with Crippen molar-refractivity contribution in [1.29, 1.82) is 0 Å². The predicted molar refractivity (Wildman–Crippen MR) is 127 cm³/mol. The van der Waals surface area contributed by atoms with E-state index in [-0.39, 0.29) is 10.8 Å². The maximum Gasteiger partial charge on any atom is 0.397 e. The number of fused-ring (bicyclic) bond motifs is 1. The van der Waals surface area contributed by atoms with Crippen LogP contribution in [-0.4, -0.2) is 69.9 Å². The molecule has 0 aliphatic rings. The first kappa shape index (κ1) is 29.3. The third-order valence-corrected chi connectivity index (χ3v) is 8.60. The van der Waals surface area contributed by atoms with Gasteiger partial charge in [0.2, 0.25) is 0 Å². The van der Waals surface area contributed by atoms with Gasteiger partial charge in [0.05, 0.1) is 22.2 Å². The van der Waals surface area contributed by atoms with Crippen molar-refractivity contribution in [1.82, 2.24) is 0 Å². The zero-order valence-electron chi connectivity index (χ0n) is 18.4. The van der Waals surface area contributed by atoms with Gasteiger partial charge in [-0.05, 0) is 41.8 Å². The van der Waals surface area contributed by atoms with Crippen molar-refractivity contribution in [3.63, 3.8) is 0 Å². The van der Waals surface area contributed by atoms with Crippen molar-refractivity contribution in [2.24, 2.45) is 10.2 Å². The summed E-state index contributed by atoms with van der Waals surface area (Å²) >= 11 is 0. The van der Waals surface area contributed by atoms with Crippen LogP contribution in [0.5, 0.6) is 11.5 Å². The van der Waals surface area contributed by atoms with Crippen LogP contribution >= 0.6 is 0 Å². The zero-order valence-corrected chi connectivity index (χ0v) is 21.7. The Morgan fingerprint density at radius 1 is 0.737 bits per heavy atom. The minimum Gasteiger partial charge on any atom is -0.506 e. The highest BCUT2D eigenvalue weighted by Crippen LogP contribution is 2.42. The minimum atomic E-state index is -5.10. The van der Waals surface area contributed by atoms with Crippen LogP contribution in [0.25, 0.3) is 10.8 Å². The number of sulfone groups is 1. The SMILES string of the molecule is O=S(=O)(O)OCCS(=O)(=O)c1ccc(N=Nc2c(S(=O)(=O)O)cc3cc(S(=O)(=O)O)ccc3c2O)c(O)c1. The van der Waals surface area contributed by atoms with Crippen molar-refractivity contribution < 1.29 is 61.7 Å². The number of azo groups is 1. The van der Waals surface area contributed by atoms with Crippen LogP contribution in [0.4, 0.5) is 11.4 Å². The van der Waals surface area contributed by atoms with Gasteiger partial charge in [0.1, 0.15) is 22.0 Å². The molecule has 3 aromatic carbocycles. The van der Waals surface area contributed by atoms with Crippen molar-refractivity contribution >= 4 is 62.6 Å². The molecule has 38 heavy (non-hydrogen) atoms. The molecule has 0 amide bonds. The smallest absolute Gasteiger partial charge is 0.397 e. The molecule has 0 unspecified atom stereocenters. The quantitative estimate of drug-likeness (QED) is 0.170. The lowest BCUT2D eigenvalue weighted by atomic mass is 10.1. The van der Waals surface area contributed by atoms with E-state index >= 15 is 0 Å². The standard InChI is InChI=1S/C18H16N2O14S4/c21-15-9-11(35(23,24)6-5-34-38(31,32)33)2-4-14(15)19-20-17-16(37(28,29)30)8-10-7-12(36(25,26)27)1-3-13(10)18(17)22/h1-4,7-9,21-22H,5-6H2,(H,25,26,27)(H,28,29,30)(H,31,32,33). The molecule has 0 aliphatic heterocycles. The summed E-state index contributed by atoms with van der Waals surface area (Å²) in [5, 5.41) is 27.5. The monoisotopic (exact) mass is 612 g/mol. The Morgan fingerprint density at radius 3 is 1.92 bits per heavy atom. The van der Waals surface area contributed by atoms with E-state index < -0.39 is 90.4 Å². The number of rotatable bonds is 9. The van der Waals surface area contributed by atoms with E-state index in [0.29, 0.717) is 6.07 Å². The van der Waals surface area contributed by atoms with Crippen LogP contribution in [-0.2, 0) is 44.7 Å². The second kappa shape index (κ2) is 10.1. The molecule has 5 N–H and O–H groups in total. The van der Waals surface area contributed by atoms with E-state index in [0.717, 1.165) is 36.4 Å². The molecule has 20 heteroatoms. The van der Waals surface area contributed by atoms with Gasteiger partial charge in [0, 0.05) is 11.5 Å². The third-order valence-electron chi connectivity index (χ3n) is 4.75. The summed E-state index contributed by atoms with van der Waals surface area (Å²) in [5.41, 5.74) is -1.25. The van der Waals surface area contributed by atoms with Crippen LogP contribution < -0.4 is 0 Å². The van der Waals surface area contributed by atoms with E-state index in [9.17, 15) is 53.0 Å². The van der Waals surface area contributed by atoms with Crippen molar-refractivity contribution in [2.45, 2.75) is 14.7 Å². The molecule has 0 aliphatic carbocycles. The fourth-order valence-electron chi connectivity index (χ4n) is 3.04. The van der Waals surface area contributed by atoms with Crippen LogP contribution in [0, 0.1) is 0 Å². The van der Waals surface area contributed by atoms with Crippen molar-refractivity contribution in [3.8, 4) is 11.5 Å². The van der Waals surface area contributed by atoms with E-state index in [1.165, 1.54) is 0 Å². The van der Waals surface area contributed by atoms with E-state index in [1.54, 1.807) is 0 Å². The van der Waals surface area contributed by atoms with Gasteiger partial charge >= 0.3 is 10.4 Å². The van der Waals surface area contributed by atoms with E-state index in [4.69, 9.17) is 4.55 Å². The van der Waals surface area contributed by atoms with Crippen LogP contribution in [0.3, 0.4) is 0 Å². The molecule has 0 fully saturated rings. The van der Waals surface area contributed by atoms with Gasteiger partial charge < -0.3 is 10.2 Å². The molecular formula is C18H16N2O14S4. The third kappa shape index (κ3) is 6.79. The Kier molecular flexibility index (Phi) is 7.83. The molecule has 0 spiro atoms. The van der Waals surface area contributed by atoms with Crippen molar-refractivity contribution in [2.75, 3.05) is 12.4 Å². The summed E-state index contributed by atoms with van der Waals surface area (Å²) in [4.78, 5) is -2.16. The first-order chi connectivity index (χ1) is 17.3. The van der Waals surface area contributed by atoms with Gasteiger partial charge in [-0.1, -0.05) is 0 Å². The van der Waals surface area contributed by atoms with E-state index in [2.05, 4.69) is 14.4 Å². The summed E-state index contributed by atoms with van der Waals surface area (Å²) < 4.78 is 123. The number of hydrogen-bond acceptors (Lipinski definition) is 13. The maximum atomic E-state index is 12.3. The molecule has 0 radical (unpaired) electrons. The lowest BCUT2D eigenvalue weighted by molar-refractivity contribution is 0.284. The second-order valence-corrected chi connectivity index (χ2v) is 13.3. The summed E-state index contributed by atoms with van der Waals surface area (Å²) in [5.74, 6) is -2.56. The van der Waals surface area contributed by atoms with Gasteiger partial charge in [-0.2, -0.15) is 25.3 Å². The normalized spacial score (nSPS) is 13.3. The molecular weight excluding hydrogens is 596 g/mol.